The molecule has 2 aromatic rings. The predicted octanol–water partition coefficient (Wildman–Crippen LogP) is 3.54. The number of ether oxygens (including phenoxy) is 1. The second kappa shape index (κ2) is 5.77. The van der Waals surface area contributed by atoms with Crippen molar-refractivity contribution in [3.63, 3.8) is 0 Å². The van der Waals surface area contributed by atoms with Crippen molar-refractivity contribution >= 4 is 5.78 Å². The van der Waals surface area contributed by atoms with Gasteiger partial charge in [-0.25, -0.2) is 13.2 Å². The molecule has 104 valence electrons. The summed E-state index contributed by atoms with van der Waals surface area (Å²) >= 11 is 0. The Balaban J connectivity index is 2.21. The molecule has 5 heteroatoms. The second-order valence-electron chi connectivity index (χ2n) is 4.19. The SMILES string of the molecule is COc1ccc(CC(=O)c2cc(F)c(F)cc2F)cc1. The Bertz CT molecular complexity index is 636. The molecule has 0 N–H and O–H groups in total. The van der Waals surface area contributed by atoms with Gasteiger partial charge in [0, 0.05) is 12.5 Å². The van der Waals surface area contributed by atoms with E-state index in [2.05, 4.69) is 0 Å². The van der Waals surface area contributed by atoms with Crippen LogP contribution in [0.15, 0.2) is 36.4 Å². The van der Waals surface area contributed by atoms with Crippen molar-refractivity contribution in [1.29, 1.82) is 0 Å². The van der Waals surface area contributed by atoms with Gasteiger partial charge in [-0.1, -0.05) is 12.1 Å². The Kier molecular flexibility index (Phi) is 4.08. The van der Waals surface area contributed by atoms with Crippen LogP contribution in [0, 0.1) is 17.5 Å². The molecule has 0 unspecified atom stereocenters. The van der Waals surface area contributed by atoms with Crippen molar-refractivity contribution in [3.05, 3.63) is 65.0 Å². The maximum absolute atomic E-state index is 13.5. The molecule has 0 aromatic heterocycles. The number of carbonyl (C=O) groups is 1. The van der Waals surface area contributed by atoms with Gasteiger partial charge in [0.05, 0.1) is 12.7 Å². The van der Waals surface area contributed by atoms with Crippen LogP contribution in [0.2, 0.25) is 0 Å². The van der Waals surface area contributed by atoms with Gasteiger partial charge in [-0.05, 0) is 23.8 Å². The molecule has 0 spiro atoms. The van der Waals surface area contributed by atoms with Crippen molar-refractivity contribution in [1.82, 2.24) is 0 Å². The summed E-state index contributed by atoms with van der Waals surface area (Å²) in [6.07, 6.45) is -0.105. The van der Waals surface area contributed by atoms with Crippen LogP contribution in [0.25, 0.3) is 0 Å². The first-order valence-electron chi connectivity index (χ1n) is 5.82. The van der Waals surface area contributed by atoms with Crippen molar-refractivity contribution in [3.8, 4) is 5.75 Å². The number of halogens is 3. The quantitative estimate of drug-likeness (QED) is 0.632. The van der Waals surface area contributed by atoms with Gasteiger partial charge in [0.1, 0.15) is 11.6 Å². The van der Waals surface area contributed by atoms with Gasteiger partial charge in [-0.3, -0.25) is 4.79 Å². The molecule has 0 atom stereocenters. The third-order valence-electron chi connectivity index (χ3n) is 2.83. The van der Waals surface area contributed by atoms with Gasteiger partial charge in [0.2, 0.25) is 0 Å². The first-order valence-corrected chi connectivity index (χ1v) is 5.82. The number of rotatable bonds is 4. The highest BCUT2D eigenvalue weighted by Gasteiger charge is 2.16. The van der Waals surface area contributed by atoms with Gasteiger partial charge in [0.25, 0.3) is 0 Å². The van der Waals surface area contributed by atoms with Crippen LogP contribution in [0.4, 0.5) is 13.2 Å². The summed E-state index contributed by atoms with van der Waals surface area (Å²) in [6, 6.07) is 7.56. The number of ketones is 1. The van der Waals surface area contributed by atoms with Crippen LogP contribution in [0.3, 0.4) is 0 Å². The highest BCUT2D eigenvalue weighted by molar-refractivity contribution is 5.97. The van der Waals surface area contributed by atoms with Crippen LogP contribution < -0.4 is 4.74 Å². The Morgan fingerprint density at radius 2 is 1.60 bits per heavy atom. The number of benzene rings is 2. The number of carbonyl (C=O) groups excluding carboxylic acids is 1. The molecule has 0 aliphatic carbocycles. The minimum absolute atomic E-state index is 0.105. The van der Waals surface area contributed by atoms with Gasteiger partial charge < -0.3 is 4.74 Å². The second-order valence-corrected chi connectivity index (χ2v) is 4.19. The van der Waals surface area contributed by atoms with Crippen LogP contribution in [-0.2, 0) is 6.42 Å². The first-order chi connectivity index (χ1) is 9.51. The molecule has 0 aliphatic heterocycles. The van der Waals surface area contributed by atoms with Gasteiger partial charge in [-0.15, -0.1) is 0 Å². The third kappa shape index (κ3) is 2.99. The molecule has 0 saturated heterocycles. The average Bonchev–Trinajstić information content (AvgIpc) is 2.43. The van der Waals surface area contributed by atoms with Crippen LogP contribution in [0.5, 0.6) is 5.75 Å². The van der Waals surface area contributed by atoms with Crippen molar-refractivity contribution < 1.29 is 22.7 Å². The zero-order valence-electron chi connectivity index (χ0n) is 10.6. The molecule has 2 aromatic carbocycles. The lowest BCUT2D eigenvalue weighted by atomic mass is 10.0. The number of methoxy groups -OCH3 is 1. The van der Waals surface area contributed by atoms with E-state index in [0.29, 0.717) is 23.4 Å². The molecule has 0 bridgehead atoms. The third-order valence-corrected chi connectivity index (χ3v) is 2.83. The Morgan fingerprint density at radius 1 is 1.00 bits per heavy atom. The smallest absolute Gasteiger partial charge is 0.170 e. The summed E-state index contributed by atoms with van der Waals surface area (Å²) in [5.41, 5.74) is 0.166. The lowest BCUT2D eigenvalue weighted by Gasteiger charge is -2.05. The Morgan fingerprint density at radius 3 is 2.20 bits per heavy atom. The first kappa shape index (κ1) is 14.1. The minimum Gasteiger partial charge on any atom is -0.497 e. The summed E-state index contributed by atoms with van der Waals surface area (Å²) in [6.45, 7) is 0. The van der Waals surface area contributed by atoms with Crippen molar-refractivity contribution in [2.45, 2.75) is 6.42 Å². The van der Waals surface area contributed by atoms with Crippen LogP contribution >= 0.6 is 0 Å². The molecule has 2 nitrogen and oxygen atoms in total. The van der Waals surface area contributed by atoms with Gasteiger partial charge in [-0.2, -0.15) is 0 Å². The maximum Gasteiger partial charge on any atom is 0.170 e. The largest absolute Gasteiger partial charge is 0.497 e. The average molecular weight is 280 g/mol. The summed E-state index contributed by atoms with van der Waals surface area (Å²) in [4.78, 5) is 11.9. The molecule has 20 heavy (non-hydrogen) atoms. The normalized spacial score (nSPS) is 10.4. The van der Waals surface area contributed by atoms with E-state index in [-0.39, 0.29) is 6.42 Å². The highest BCUT2D eigenvalue weighted by atomic mass is 19.2. The Hall–Kier alpha value is -2.30. The molecule has 0 saturated carbocycles. The fraction of sp³-hybridized carbons (Fsp3) is 0.133. The maximum atomic E-state index is 13.5. The minimum atomic E-state index is -1.32. The Labute approximate surface area is 113 Å². The van der Waals surface area contributed by atoms with E-state index in [1.165, 1.54) is 7.11 Å². The van der Waals surface area contributed by atoms with E-state index in [4.69, 9.17) is 4.74 Å². The fourth-order valence-electron chi connectivity index (χ4n) is 1.76. The zero-order valence-corrected chi connectivity index (χ0v) is 10.6. The molecule has 2 rings (SSSR count). The van der Waals surface area contributed by atoms with Crippen molar-refractivity contribution in [2.24, 2.45) is 0 Å². The number of hydrogen-bond acceptors (Lipinski definition) is 2. The summed E-state index contributed by atoms with van der Waals surface area (Å²) < 4.78 is 44.3. The summed E-state index contributed by atoms with van der Waals surface area (Å²) in [7, 11) is 1.51. The van der Waals surface area contributed by atoms with E-state index in [1.54, 1.807) is 24.3 Å². The van der Waals surface area contributed by atoms with Crippen LogP contribution in [-0.4, -0.2) is 12.9 Å². The van der Waals surface area contributed by atoms with E-state index in [1.807, 2.05) is 0 Å². The fourth-order valence-corrected chi connectivity index (χ4v) is 1.76. The summed E-state index contributed by atoms with van der Waals surface area (Å²) in [5, 5.41) is 0. The van der Waals surface area contributed by atoms with E-state index in [0.717, 1.165) is 0 Å². The molecule has 0 aliphatic rings. The predicted molar refractivity (Wildman–Crippen MR) is 67.3 cm³/mol. The van der Waals surface area contributed by atoms with E-state index < -0.39 is 28.8 Å². The number of hydrogen-bond donors (Lipinski definition) is 0. The zero-order chi connectivity index (χ0) is 14.7. The lowest BCUT2D eigenvalue weighted by molar-refractivity contribution is 0.0988. The lowest BCUT2D eigenvalue weighted by Crippen LogP contribution is -2.07. The van der Waals surface area contributed by atoms with Gasteiger partial charge >= 0.3 is 0 Å². The molecular weight excluding hydrogens is 269 g/mol. The molecule has 0 amide bonds. The van der Waals surface area contributed by atoms with E-state index in [9.17, 15) is 18.0 Å². The van der Waals surface area contributed by atoms with Gasteiger partial charge in [0.15, 0.2) is 17.4 Å². The number of Topliss-reactive ketones (excluding diaryl/α,β-unsaturated/α-hetero) is 1. The topological polar surface area (TPSA) is 26.3 Å². The molecule has 0 radical (unpaired) electrons. The monoisotopic (exact) mass is 280 g/mol. The van der Waals surface area contributed by atoms with Crippen LogP contribution in [0.1, 0.15) is 15.9 Å². The van der Waals surface area contributed by atoms with E-state index >= 15 is 0 Å². The van der Waals surface area contributed by atoms with Crippen molar-refractivity contribution in [2.75, 3.05) is 7.11 Å². The molecule has 0 fully saturated rings. The molecular formula is C15H11F3O2. The molecule has 0 heterocycles. The standard InChI is InChI=1S/C15H11F3O2/c1-20-10-4-2-9(3-5-10)6-15(19)11-7-13(17)14(18)8-12(11)16/h2-5,7-8H,6H2,1H3. The summed E-state index contributed by atoms with van der Waals surface area (Å²) in [5.74, 6) is -3.62. The highest BCUT2D eigenvalue weighted by Crippen LogP contribution is 2.17.